The summed E-state index contributed by atoms with van der Waals surface area (Å²) in [7, 11) is 0. The highest BCUT2D eigenvalue weighted by Crippen LogP contribution is 2.57. The molecule has 3 atom stereocenters. The number of carbonyl (C=O) groups is 4. The first-order valence-electron chi connectivity index (χ1n) is 10.7. The SMILES string of the molecule is O=C1[C@@H]2[C@@H](C(=O)N1c1ccc(Cl)c(Cl)c1)C1(O[C@H]2c2cccc(F)c2)C(=O)c2ccccc2C1=O. The minimum absolute atomic E-state index is 0.115. The third-order valence-corrected chi connectivity index (χ3v) is 7.60. The van der Waals surface area contributed by atoms with Crippen LogP contribution in [0.2, 0.25) is 10.0 Å². The molecule has 2 saturated heterocycles. The number of hydrogen-bond donors (Lipinski definition) is 0. The van der Waals surface area contributed by atoms with Crippen molar-refractivity contribution in [1.82, 2.24) is 0 Å². The molecule has 174 valence electrons. The molecule has 0 saturated carbocycles. The summed E-state index contributed by atoms with van der Waals surface area (Å²) in [4.78, 5) is 55.8. The van der Waals surface area contributed by atoms with E-state index in [0.717, 1.165) is 11.0 Å². The minimum atomic E-state index is -2.23. The maximum Gasteiger partial charge on any atom is 0.241 e. The van der Waals surface area contributed by atoms with Crippen LogP contribution in [0.25, 0.3) is 0 Å². The van der Waals surface area contributed by atoms with Gasteiger partial charge in [-0.2, -0.15) is 0 Å². The fraction of sp³-hybridized carbons (Fsp3) is 0.154. The Hall–Kier alpha value is -3.39. The van der Waals surface area contributed by atoms with Gasteiger partial charge in [0.15, 0.2) is 0 Å². The van der Waals surface area contributed by atoms with Gasteiger partial charge in [-0.3, -0.25) is 19.2 Å². The van der Waals surface area contributed by atoms with Crippen LogP contribution in [0, 0.1) is 17.7 Å². The number of ketones is 2. The molecule has 1 aliphatic carbocycles. The summed E-state index contributed by atoms with van der Waals surface area (Å²) in [6, 6.07) is 15.7. The third kappa shape index (κ3) is 2.86. The van der Waals surface area contributed by atoms with Gasteiger partial charge in [0, 0.05) is 11.1 Å². The normalized spacial score (nSPS) is 24.4. The molecule has 6 nitrogen and oxygen atoms in total. The number of halogens is 3. The number of Topliss-reactive ketones (excluding diaryl/α,β-unsaturated/α-hetero) is 2. The van der Waals surface area contributed by atoms with Crippen LogP contribution in [0.1, 0.15) is 32.4 Å². The van der Waals surface area contributed by atoms with E-state index in [1.807, 2.05) is 0 Å². The highest BCUT2D eigenvalue weighted by Gasteiger charge is 2.74. The van der Waals surface area contributed by atoms with Gasteiger partial charge in [-0.1, -0.05) is 59.6 Å². The zero-order valence-corrected chi connectivity index (χ0v) is 19.2. The summed E-state index contributed by atoms with van der Waals surface area (Å²) in [6.45, 7) is 0. The van der Waals surface area contributed by atoms with Crippen LogP contribution in [0.3, 0.4) is 0 Å². The summed E-state index contributed by atoms with van der Waals surface area (Å²) >= 11 is 12.1. The van der Waals surface area contributed by atoms with Crippen LogP contribution < -0.4 is 4.90 Å². The average Bonchev–Trinajstić information content (AvgIpc) is 3.41. The zero-order chi connectivity index (χ0) is 24.6. The number of nitrogens with zero attached hydrogens (tertiary/aromatic N) is 1. The largest absolute Gasteiger partial charge is 0.349 e. The van der Waals surface area contributed by atoms with Gasteiger partial charge in [-0.05, 0) is 35.9 Å². The molecule has 9 heteroatoms. The lowest BCUT2D eigenvalue weighted by Crippen LogP contribution is -2.51. The Kier molecular flexibility index (Phi) is 4.77. The van der Waals surface area contributed by atoms with Crippen LogP contribution in [0.5, 0.6) is 0 Å². The fourth-order valence-electron chi connectivity index (χ4n) is 5.38. The lowest BCUT2D eigenvalue weighted by Gasteiger charge is -2.27. The van der Waals surface area contributed by atoms with Crippen molar-refractivity contribution in [2.45, 2.75) is 11.7 Å². The Morgan fingerprint density at radius 3 is 2.11 bits per heavy atom. The van der Waals surface area contributed by atoms with Crippen molar-refractivity contribution >= 4 is 52.3 Å². The van der Waals surface area contributed by atoms with Crippen LogP contribution >= 0.6 is 23.2 Å². The van der Waals surface area contributed by atoms with E-state index >= 15 is 0 Å². The van der Waals surface area contributed by atoms with Crippen molar-refractivity contribution in [3.63, 3.8) is 0 Å². The predicted molar refractivity (Wildman–Crippen MR) is 124 cm³/mol. The molecule has 3 aromatic carbocycles. The average molecular weight is 510 g/mol. The molecule has 3 aromatic rings. The first kappa shape index (κ1) is 22.1. The summed E-state index contributed by atoms with van der Waals surface area (Å²) in [5, 5.41) is 0.346. The second kappa shape index (κ2) is 7.55. The van der Waals surface area contributed by atoms with Gasteiger partial charge < -0.3 is 4.74 Å². The second-order valence-corrected chi connectivity index (χ2v) is 9.46. The van der Waals surface area contributed by atoms with Gasteiger partial charge in [0.25, 0.3) is 0 Å². The van der Waals surface area contributed by atoms with Crippen molar-refractivity contribution in [2.24, 2.45) is 11.8 Å². The number of benzene rings is 3. The Balaban J connectivity index is 1.55. The first-order chi connectivity index (χ1) is 16.8. The van der Waals surface area contributed by atoms with Crippen molar-refractivity contribution in [2.75, 3.05) is 4.90 Å². The molecule has 0 radical (unpaired) electrons. The van der Waals surface area contributed by atoms with E-state index in [1.54, 1.807) is 12.1 Å². The number of hydrogen-bond acceptors (Lipinski definition) is 5. The van der Waals surface area contributed by atoms with Gasteiger partial charge in [0.2, 0.25) is 29.0 Å². The van der Waals surface area contributed by atoms with Crippen molar-refractivity contribution < 1.29 is 28.3 Å². The van der Waals surface area contributed by atoms with Gasteiger partial charge in [0.1, 0.15) is 5.82 Å². The van der Waals surface area contributed by atoms with Crippen LogP contribution in [0.4, 0.5) is 10.1 Å². The number of ether oxygens (including phenoxy) is 1. The van der Waals surface area contributed by atoms with Crippen molar-refractivity contribution in [1.29, 1.82) is 0 Å². The highest BCUT2D eigenvalue weighted by molar-refractivity contribution is 6.42. The molecule has 2 heterocycles. The topological polar surface area (TPSA) is 80.8 Å². The maximum atomic E-state index is 14.1. The van der Waals surface area contributed by atoms with E-state index in [-0.39, 0.29) is 32.4 Å². The van der Waals surface area contributed by atoms with Crippen LogP contribution in [0.15, 0.2) is 66.7 Å². The number of rotatable bonds is 2. The molecule has 0 unspecified atom stereocenters. The number of amides is 2. The molecule has 35 heavy (non-hydrogen) atoms. The van der Waals surface area contributed by atoms with Crippen LogP contribution in [-0.4, -0.2) is 29.0 Å². The molecule has 2 amide bonds. The number of carbonyl (C=O) groups excluding carboxylic acids is 4. The molecule has 0 N–H and O–H groups in total. The van der Waals surface area contributed by atoms with E-state index in [0.29, 0.717) is 0 Å². The first-order valence-corrected chi connectivity index (χ1v) is 11.5. The third-order valence-electron chi connectivity index (χ3n) is 6.86. The monoisotopic (exact) mass is 509 g/mol. The minimum Gasteiger partial charge on any atom is -0.349 e. The zero-order valence-electron chi connectivity index (χ0n) is 17.7. The summed E-state index contributed by atoms with van der Waals surface area (Å²) in [6.07, 6.45) is -1.21. The Bertz CT molecular complexity index is 1450. The quantitative estimate of drug-likeness (QED) is 0.365. The molecule has 1 spiro atoms. The lowest BCUT2D eigenvalue weighted by atomic mass is 9.77. The molecule has 2 aliphatic heterocycles. The molecule has 0 aromatic heterocycles. The summed E-state index contributed by atoms with van der Waals surface area (Å²) in [5.41, 5.74) is -1.62. The molecule has 3 aliphatic rings. The number of imide groups is 1. The number of anilines is 1. The molecule has 0 bridgehead atoms. The number of fused-ring (bicyclic) bond motifs is 3. The van der Waals surface area contributed by atoms with Crippen molar-refractivity contribution in [3.05, 3.63) is 99.3 Å². The lowest BCUT2D eigenvalue weighted by molar-refractivity contribution is -0.127. The molecular formula is C26H14Cl2FNO5. The standard InChI is InChI=1S/C26H14Cl2FNO5/c27-17-9-8-14(11-18(17)28)30-24(33)19-20(25(30)34)26(35-21(19)12-4-3-5-13(29)10-12)22(31)15-6-1-2-7-16(15)23(26)32/h1-11,19-21H/t19-,20+,21+/m1/s1. The van der Waals surface area contributed by atoms with E-state index in [1.165, 1.54) is 48.5 Å². The van der Waals surface area contributed by atoms with E-state index in [9.17, 15) is 23.6 Å². The Morgan fingerprint density at radius 1 is 0.800 bits per heavy atom. The van der Waals surface area contributed by atoms with Crippen LogP contribution in [-0.2, 0) is 14.3 Å². The van der Waals surface area contributed by atoms with Gasteiger partial charge in [-0.15, -0.1) is 0 Å². The molecule has 2 fully saturated rings. The second-order valence-electron chi connectivity index (χ2n) is 8.65. The Morgan fingerprint density at radius 2 is 1.49 bits per heavy atom. The summed E-state index contributed by atoms with van der Waals surface area (Å²) < 4.78 is 20.2. The summed E-state index contributed by atoms with van der Waals surface area (Å²) in [5.74, 6) is -6.10. The van der Waals surface area contributed by atoms with Gasteiger partial charge in [0.05, 0.1) is 33.7 Å². The fourth-order valence-corrected chi connectivity index (χ4v) is 5.67. The molecule has 6 rings (SSSR count). The highest BCUT2D eigenvalue weighted by atomic mass is 35.5. The molecular weight excluding hydrogens is 496 g/mol. The predicted octanol–water partition coefficient (Wildman–Crippen LogP) is 4.83. The van der Waals surface area contributed by atoms with Gasteiger partial charge >= 0.3 is 0 Å². The van der Waals surface area contributed by atoms with Gasteiger partial charge in [-0.25, -0.2) is 9.29 Å². The maximum absolute atomic E-state index is 14.1. The van der Waals surface area contributed by atoms with E-state index in [4.69, 9.17) is 27.9 Å². The smallest absolute Gasteiger partial charge is 0.241 e. The Labute approximate surface area is 208 Å². The van der Waals surface area contributed by atoms with Crippen molar-refractivity contribution in [3.8, 4) is 0 Å². The van der Waals surface area contributed by atoms with E-state index in [2.05, 4.69) is 0 Å². The van der Waals surface area contributed by atoms with E-state index < -0.39 is 52.7 Å².